The molecule has 8 heteroatoms. The van der Waals surface area contributed by atoms with E-state index < -0.39 is 5.91 Å². The van der Waals surface area contributed by atoms with Gasteiger partial charge in [0.05, 0.1) is 9.93 Å². The average molecular weight is 331 g/mol. The maximum atomic E-state index is 11.7. The van der Waals surface area contributed by atoms with Gasteiger partial charge in [0, 0.05) is 17.5 Å². The molecule has 5 nitrogen and oxygen atoms in total. The monoisotopic (exact) mass is 330 g/mol. The number of nitrogens with one attached hydrogen (secondary N) is 1. The molecule has 0 aliphatic carbocycles. The van der Waals surface area contributed by atoms with Crippen molar-refractivity contribution in [2.24, 2.45) is 4.99 Å². The molecule has 0 bridgehead atoms. The standard InChI is InChI=1S/C12H8Cl2N2O3S/c1-5(17)15-12-16-11(19)9(20-12)3-6-2-7(13)4-8(14)10(6)18/h2-4,18H,1H3,(H,15,16,17,19)/b9-3+. The van der Waals surface area contributed by atoms with Crippen LogP contribution in [0.1, 0.15) is 12.5 Å². The number of phenolic OH excluding ortho intramolecular Hbond substituents is 1. The zero-order chi connectivity index (χ0) is 14.9. The molecule has 1 aromatic rings. The van der Waals surface area contributed by atoms with E-state index in [1.807, 2.05) is 0 Å². The van der Waals surface area contributed by atoms with Crippen molar-refractivity contribution in [1.29, 1.82) is 0 Å². The van der Waals surface area contributed by atoms with Gasteiger partial charge < -0.3 is 10.4 Å². The van der Waals surface area contributed by atoms with Gasteiger partial charge in [0.1, 0.15) is 5.75 Å². The van der Waals surface area contributed by atoms with Crippen molar-refractivity contribution in [3.05, 3.63) is 32.6 Å². The van der Waals surface area contributed by atoms with Crippen LogP contribution < -0.4 is 5.32 Å². The third-order valence-corrected chi connectivity index (χ3v) is 3.65. The molecule has 0 atom stereocenters. The number of halogens is 2. The molecule has 104 valence electrons. The molecular weight excluding hydrogens is 323 g/mol. The van der Waals surface area contributed by atoms with Crippen LogP contribution in [0.15, 0.2) is 22.0 Å². The van der Waals surface area contributed by atoms with E-state index in [1.165, 1.54) is 25.1 Å². The first-order valence-electron chi connectivity index (χ1n) is 5.35. The lowest BCUT2D eigenvalue weighted by molar-refractivity contribution is -0.117. The van der Waals surface area contributed by atoms with E-state index in [-0.39, 0.29) is 26.8 Å². The molecule has 1 heterocycles. The molecule has 2 N–H and O–H groups in total. The number of aromatic hydroxyl groups is 1. The summed E-state index contributed by atoms with van der Waals surface area (Å²) >= 11 is 12.6. The third kappa shape index (κ3) is 3.33. The molecular formula is C12H8Cl2N2O3S. The smallest absolute Gasteiger partial charge is 0.286 e. The van der Waals surface area contributed by atoms with E-state index in [9.17, 15) is 14.7 Å². The van der Waals surface area contributed by atoms with Crippen LogP contribution in [0.4, 0.5) is 0 Å². The Balaban J connectivity index is 2.30. The zero-order valence-corrected chi connectivity index (χ0v) is 12.4. The lowest BCUT2D eigenvalue weighted by Crippen LogP contribution is -2.23. The van der Waals surface area contributed by atoms with Gasteiger partial charge >= 0.3 is 0 Å². The van der Waals surface area contributed by atoms with Gasteiger partial charge in [-0.1, -0.05) is 23.2 Å². The Bertz CT molecular complexity index is 671. The number of thioether (sulfide) groups is 1. The van der Waals surface area contributed by atoms with E-state index in [0.717, 1.165) is 11.8 Å². The molecule has 2 amide bonds. The number of benzene rings is 1. The van der Waals surface area contributed by atoms with Crippen molar-refractivity contribution in [3.63, 3.8) is 0 Å². The van der Waals surface area contributed by atoms with Crippen LogP contribution in [0.3, 0.4) is 0 Å². The largest absolute Gasteiger partial charge is 0.506 e. The van der Waals surface area contributed by atoms with Gasteiger partial charge in [-0.3, -0.25) is 9.59 Å². The summed E-state index contributed by atoms with van der Waals surface area (Å²) in [5.74, 6) is -1.00. The second-order valence-corrected chi connectivity index (χ2v) is 5.71. The number of nitrogens with zero attached hydrogens (tertiary/aromatic N) is 1. The highest BCUT2D eigenvalue weighted by molar-refractivity contribution is 8.18. The van der Waals surface area contributed by atoms with Crippen LogP contribution in [0, 0.1) is 0 Å². The maximum Gasteiger partial charge on any atom is 0.286 e. The Morgan fingerprint density at radius 1 is 1.45 bits per heavy atom. The Hall–Kier alpha value is -1.50. The molecule has 1 aliphatic heterocycles. The van der Waals surface area contributed by atoms with E-state index in [2.05, 4.69) is 10.3 Å². The molecule has 0 aromatic heterocycles. The summed E-state index contributed by atoms with van der Waals surface area (Å²) in [6.07, 6.45) is 1.42. The number of hydrogen-bond acceptors (Lipinski definition) is 4. The summed E-state index contributed by atoms with van der Waals surface area (Å²) in [4.78, 5) is 26.5. The molecule has 0 unspecified atom stereocenters. The number of carbonyl (C=O) groups is 2. The summed E-state index contributed by atoms with van der Waals surface area (Å²) in [6, 6.07) is 2.86. The van der Waals surface area contributed by atoms with Gasteiger partial charge in [-0.05, 0) is 30.0 Å². The minimum absolute atomic E-state index is 0.0859. The van der Waals surface area contributed by atoms with Crippen molar-refractivity contribution in [1.82, 2.24) is 5.32 Å². The van der Waals surface area contributed by atoms with Gasteiger partial charge in [-0.25, -0.2) is 0 Å². The summed E-state index contributed by atoms with van der Waals surface area (Å²) in [6.45, 7) is 1.32. The maximum absolute atomic E-state index is 11.7. The number of rotatable bonds is 1. The Morgan fingerprint density at radius 3 is 2.80 bits per heavy atom. The second kappa shape index (κ2) is 5.87. The van der Waals surface area contributed by atoms with E-state index in [4.69, 9.17) is 23.2 Å². The number of hydrogen-bond donors (Lipinski definition) is 2. The Labute approximate surface area is 128 Å². The molecule has 0 radical (unpaired) electrons. The predicted octanol–water partition coefficient (Wildman–Crippen LogP) is 2.81. The molecule has 1 aromatic carbocycles. The summed E-state index contributed by atoms with van der Waals surface area (Å²) in [5.41, 5.74) is 0.303. The molecule has 0 fully saturated rings. The fourth-order valence-corrected chi connectivity index (χ4v) is 2.81. The molecule has 2 rings (SSSR count). The van der Waals surface area contributed by atoms with Crippen molar-refractivity contribution in [2.75, 3.05) is 0 Å². The summed E-state index contributed by atoms with van der Waals surface area (Å²) in [5, 5.41) is 12.9. The van der Waals surface area contributed by atoms with Crippen molar-refractivity contribution in [2.45, 2.75) is 6.92 Å². The molecule has 1 aliphatic rings. The van der Waals surface area contributed by atoms with Gasteiger partial charge in [-0.2, -0.15) is 4.99 Å². The Morgan fingerprint density at radius 2 is 2.15 bits per heavy atom. The number of phenols is 1. The fourth-order valence-electron chi connectivity index (χ4n) is 1.45. The third-order valence-electron chi connectivity index (χ3n) is 2.25. The van der Waals surface area contributed by atoms with E-state index in [0.29, 0.717) is 10.6 Å². The van der Waals surface area contributed by atoms with Crippen LogP contribution in [0.25, 0.3) is 6.08 Å². The minimum atomic E-state index is -0.505. The normalized spacial score (nSPS) is 16.4. The molecule has 0 saturated carbocycles. The highest BCUT2D eigenvalue weighted by Crippen LogP contribution is 2.35. The number of amides is 2. The quantitative estimate of drug-likeness (QED) is 0.776. The zero-order valence-electron chi connectivity index (χ0n) is 10.1. The molecule has 0 spiro atoms. The van der Waals surface area contributed by atoms with Gasteiger partial charge in [0.2, 0.25) is 5.91 Å². The molecule has 20 heavy (non-hydrogen) atoms. The summed E-state index contributed by atoms with van der Waals surface area (Å²) in [7, 11) is 0. The SMILES string of the molecule is CC(=O)NC1=NC(=O)/C(=C\c2cc(Cl)cc(Cl)c2O)S1. The second-order valence-electron chi connectivity index (χ2n) is 3.84. The number of aliphatic imine (C=N–C) groups is 1. The van der Waals surface area contributed by atoms with Crippen LogP contribution in [-0.2, 0) is 9.59 Å². The van der Waals surface area contributed by atoms with Gasteiger partial charge in [0.25, 0.3) is 5.91 Å². The first-order chi connectivity index (χ1) is 9.36. The van der Waals surface area contributed by atoms with Crippen LogP contribution in [0.2, 0.25) is 10.0 Å². The van der Waals surface area contributed by atoms with E-state index in [1.54, 1.807) is 0 Å². The highest BCUT2D eigenvalue weighted by Gasteiger charge is 2.23. The van der Waals surface area contributed by atoms with Crippen LogP contribution in [-0.4, -0.2) is 22.1 Å². The predicted molar refractivity (Wildman–Crippen MR) is 80.0 cm³/mol. The van der Waals surface area contributed by atoms with E-state index >= 15 is 0 Å². The number of carbonyl (C=O) groups excluding carboxylic acids is 2. The van der Waals surface area contributed by atoms with Crippen molar-refractivity contribution < 1.29 is 14.7 Å². The first-order valence-corrected chi connectivity index (χ1v) is 6.92. The highest BCUT2D eigenvalue weighted by atomic mass is 35.5. The Kier molecular flexibility index (Phi) is 4.37. The summed E-state index contributed by atoms with van der Waals surface area (Å²) < 4.78 is 0. The fraction of sp³-hybridized carbons (Fsp3) is 0.0833. The van der Waals surface area contributed by atoms with Crippen molar-refractivity contribution in [3.8, 4) is 5.75 Å². The lowest BCUT2D eigenvalue weighted by Gasteiger charge is -2.03. The van der Waals surface area contributed by atoms with Crippen LogP contribution in [0.5, 0.6) is 5.75 Å². The topological polar surface area (TPSA) is 78.8 Å². The minimum Gasteiger partial charge on any atom is -0.506 e. The van der Waals surface area contributed by atoms with Crippen molar-refractivity contribution >= 4 is 58.0 Å². The first kappa shape index (κ1) is 14.9. The average Bonchev–Trinajstić information content (AvgIpc) is 2.65. The van der Waals surface area contributed by atoms with Crippen LogP contribution >= 0.6 is 35.0 Å². The van der Waals surface area contributed by atoms with Gasteiger partial charge in [0.15, 0.2) is 5.17 Å². The number of amidine groups is 1. The molecule has 0 saturated heterocycles. The lowest BCUT2D eigenvalue weighted by atomic mass is 10.2. The van der Waals surface area contributed by atoms with Gasteiger partial charge in [-0.15, -0.1) is 0 Å².